The molecule has 146 valence electrons. The van der Waals surface area contributed by atoms with Gasteiger partial charge in [0.2, 0.25) is 0 Å². The quantitative estimate of drug-likeness (QED) is 0.816. The number of aryl methyl sites for hydroxylation is 1. The van der Waals surface area contributed by atoms with Crippen molar-refractivity contribution in [2.75, 3.05) is 12.0 Å². The number of alkyl halides is 3. The van der Waals surface area contributed by atoms with Crippen LogP contribution in [0.4, 0.5) is 18.9 Å². The third-order valence-corrected chi connectivity index (χ3v) is 4.47. The number of hydrogen-bond acceptors (Lipinski definition) is 4. The van der Waals surface area contributed by atoms with E-state index in [0.717, 1.165) is 12.7 Å². The zero-order valence-corrected chi connectivity index (χ0v) is 14.9. The summed E-state index contributed by atoms with van der Waals surface area (Å²) in [6.45, 7) is 1.77. The molecule has 5 nitrogen and oxygen atoms in total. The van der Waals surface area contributed by atoms with Crippen LogP contribution in [0.25, 0.3) is 5.70 Å². The summed E-state index contributed by atoms with van der Waals surface area (Å²) < 4.78 is 46.0. The molecular weight excluding hydrogens is 375 g/mol. The van der Waals surface area contributed by atoms with Crippen LogP contribution >= 0.6 is 0 Å². The molecule has 0 fully saturated rings. The number of ether oxygens (including phenoxy) is 1. The monoisotopic (exact) mass is 391 g/mol. The second-order valence-electron chi connectivity index (χ2n) is 6.27. The largest absolute Gasteiger partial charge is 0.466 e. The van der Waals surface area contributed by atoms with E-state index in [9.17, 15) is 27.9 Å². The summed E-state index contributed by atoms with van der Waals surface area (Å²) in [5, 5.41) is 10.5. The number of hydrogen-bond donors (Lipinski definition) is 1. The molecule has 2 aromatic carbocycles. The van der Waals surface area contributed by atoms with E-state index in [1.54, 1.807) is 37.3 Å². The van der Waals surface area contributed by atoms with Gasteiger partial charge in [-0.3, -0.25) is 9.69 Å². The predicted octanol–water partition coefficient (Wildman–Crippen LogP) is 3.22. The van der Waals surface area contributed by atoms with Gasteiger partial charge in [0.1, 0.15) is 5.57 Å². The van der Waals surface area contributed by atoms with Gasteiger partial charge < -0.3 is 9.84 Å². The highest BCUT2D eigenvalue weighted by molar-refractivity contribution is 6.25. The molecule has 0 radical (unpaired) electrons. The van der Waals surface area contributed by atoms with E-state index in [4.69, 9.17) is 0 Å². The fourth-order valence-electron chi connectivity index (χ4n) is 3.07. The number of nitrogens with zero attached hydrogens (tertiary/aromatic N) is 1. The Bertz CT molecular complexity index is 952. The molecular formula is C20H16F3NO4. The third-order valence-electron chi connectivity index (χ3n) is 4.47. The Labute approximate surface area is 158 Å². The lowest BCUT2D eigenvalue weighted by molar-refractivity contribution is -0.236. The van der Waals surface area contributed by atoms with E-state index in [-0.39, 0.29) is 16.9 Å². The van der Waals surface area contributed by atoms with Gasteiger partial charge in [0.05, 0.1) is 12.8 Å². The second kappa shape index (κ2) is 6.79. The fourth-order valence-corrected chi connectivity index (χ4v) is 3.07. The molecule has 0 saturated carbocycles. The molecule has 1 aliphatic rings. The van der Waals surface area contributed by atoms with Crippen LogP contribution < -0.4 is 4.90 Å². The number of halogens is 3. The van der Waals surface area contributed by atoms with Gasteiger partial charge >= 0.3 is 12.1 Å². The van der Waals surface area contributed by atoms with Crippen molar-refractivity contribution in [3.63, 3.8) is 0 Å². The maximum Gasteiger partial charge on any atom is 0.431 e. The summed E-state index contributed by atoms with van der Waals surface area (Å²) in [7, 11) is 0.883. The van der Waals surface area contributed by atoms with E-state index >= 15 is 0 Å². The van der Waals surface area contributed by atoms with Crippen LogP contribution in [0.15, 0.2) is 60.2 Å². The molecule has 3 rings (SSSR count). The third kappa shape index (κ3) is 2.86. The number of aliphatic hydroxyl groups is 1. The first-order valence-corrected chi connectivity index (χ1v) is 8.21. The van der Waals surface area contributed by atoms with Crippen molar-refractivity contribution in [3.8, 4) is 0 Å². The highest BCUT2D eigenvalue weighted by Gasteiger charge is 2.70. The van der Waals surface area contributed by atoms with E-state index in [0.29, 0.717) is 4.90 Å². The lowest BCUT2D eigenvalue weighted by Gasteiger charge is -2.27. The molecule has 2 aromatic rings. The first-order chi connectivity index (χ1) is 13.1. The van der Waals surface area contributed by atoms with Crippen LogP contribution in [0, 0.1) is 6.92 Å². The summed E-state index contributed by atoms with van der Waals surface area (Å²) in [4.78, 5) is 25.9. The minimum Gasteiger partial charge on any atom is -0.466 e. The molecule has 0 saturated heterocycles. The molecule has 1 atom stereocenters. The van der Waals surface area contributed by atoms with Crippen LogP contribution in [0.3, 0.4) is 0 Å². The van der Waals surface area contributed by atoms with Crippen molar-refractivity contribution in [1.82, 2.24) is 0 Å². The fraction of sp³-hybridized carbons (Fsp3) is 0.200. The molecule has 0 bridgehead atoms. The van der Waals surface area contributed by atoms with E-state index in [1.807, 2.05) is 0 Å². The molecule has 0 aliphatic carbocycles. The summed E-state index contributed by atoms with van der Waals surface area (Å²) in [6, 6.07) is 13.7. The van der Waals surface area contributed by atoms with Crippen LogP contribution in [0.1, 0.15) is 11.1 Å². The number of methoxy groups -OCH3 is 1. The SMILES string of the molecule is COC(=O)C1=C(c2ccccc2)N(c2ccc(C)cc2)C(=O)C1(O)C(F)(F)F. The average Bonchev–Trinajstić information content (AvgIpc) is 2.91. The highest BCUT2D eigenvalue weighted by Crippen LogP contribution is 2.49. The molecule has 28 heavy (non-hydrogen) atoms. The number of amides is 1. The highest BCUT2D eigenvalue weighted by atomic mass is 19.4. The van der Waals surface area contributed by atoms with E-state index < -0.39 is 29.2 Å². The minimum atomic E-state index is -5.44. The lowest BCUT2D eigenvalue weighted by Crippen LogP contribution is -2.55. The molecule has 0 spiro atoms. The number of esters is 1. The normalized spacial score (nSPS) is 19.9. The van der Waals surface area contributed by atoms with Crippen LogP contribution in [0.5, 0.6) is 0 Å². The minimum absolute atomic E-state index is 0.0797. The van der Waals surface area contributed by atoms with Gasteiger partial charge in [-0.15, -0.1) is 0 Å². The smallest absolute Gasteiger partial charge is 0.431 e. The Hall–Kier alpha value is -3.13. The average molecular weight is 391 g/mol. The number of carbonyl (C=O) groups excluding carboxylic acids is 2. The van der Waals surface area contributed by atoms with Gasteiger partial charge in [-0.1, -0.05) is 48.0 Å². The predicted molar refractivity (Wildman–Crippen MR) is 95.0 cm³/mol. The topological polar surface area (TPSA) is 66.8 Å². The van der Waals surface area contributed by atoms with Crippen molar-refractivity contribution >= 4 is 23.3 Å². The van der Waals surface area contributed by atoms with Gasteiger partial charge in [-0.25, -0.2) is 4.79 Å². The standard InChI is InChI=1S/C20H16F3NO4/c1-12-8-10-14(11-9-12)24-16(13-6-4-3-5-7-13)15(17(25)28-2)19(27,18(24)26)20(21,22)23/h3-11,27H,1-2H3. The zero-order chi connectivity index (χ0) is 20.7. The Morgan fingerprint density at radius 1 is 1.07 bits per heavy atom. The van der Waals surface area contributed by atoms with Crippen molar-refractivity contribution in [1.29, 1.82) is 0 Å². The Kier molecular flexibility index (Phi) is 4.76. The van der Waals surface area contributed by atoms with E-state index in [1.165, 1.54) is 24.3 Å². The number of benzene rings is 2. The first kappa shape index (κ1) is 19.6. The molecule has 1 N–H and O–H groups in total. The maximum absolute atomic E-state index is 13.8. The lowest BCUT2D eigenvalue weighted by atomic mass is 9.92. The molecule has 1 amide bonds. The van der Waals surface area contributed by atoms with Gasteiger partial charge in [-0.05, 0) is 24.6 Å². The van der Waals surface area contributed by atoms with Gasteiger partial charge in [0.15, 0.2) is 0 Å². The number of carbonyl (C=O) groups is 2. The van der Waals surface area contributed by atoms with Gasteiger partial charge in [0.25, 0.3) is 11.5 Å². The summed E-state index contributed by atoms with van der Waals surface area (Å²) in [5.74, 6) is -3.13. The summed E-state index contributed by atoms with van der Waals surface area (Å²) in [5.41, 5.74) is -4.52. The Balaban J connectivity index is 2.39. The zero-order valence-electron chi connectivity index (χ0n) is 14.9. The molecule has 1 heterocycles. The van der Waals surface area contributed by atoms with Crippen molar-refractivity contribution in [2.24, 2.45) is 0 Å². The molecule has 1 unspecified atom stereocenters. The Morgan fingerprint density at radius 2 is 1.64 bits per heavy atom. The van der Waals surface area contributed by atoms with Gasteiger partial charge in [0, 0.05) is 5.69 Å². The van der Waals surface area contributed by atoms with Crippen molar-refractivity contribution in [3.05, 3.63) is 71.3 Å². The Morgan fingerprint density at radius 3 is 2.14 bits per heavy atom. The summed E-state index contributed by atoms with van der Waals surface area (Å²) >= 11 is 0. The van der Waals surface area contributed by atoms with Crippen LogP contribution in [-0.4, -0.2) is 35.9 Å². The molecule has 8 heteroatoms. The van der Waals surface area contributed by atoms with Crippen LogP contribution in [0.2, 0.25) is 0 Å². The second-order valence-corrected chi connectivity index (χ2v) is 6.27. The molecule has 1 aliphatic heterocycles. The van der Waals surface area contributed by atoms with Gasteiger partial charge in [-0.2, -0.15) is 13.2 Å². The van der Waals surface area contributed by atoms with E-state index in [2.05, 4.69) is 4.74 Å². The first-order valence-electron chi connectivity index (χ1n) is 8.21. The number of rotatable bonds is 3. The van der Waals surface area contributed by atoms with Crippen molar-refractivity contribution < 1.29 is 32.6 Å². The number of anilines is 1. The van der Waals surface area contributed by atoms with Crippen molar-refractivity contribution in [2.45, 2.75) is 18.7 Å². The molecule has 0 aromatic heterocycles. The summed E-state index contributed by atoms with van der Waals surface area (Å²) in [6.07, 6.45) is -5.44. The maximum atomic E-state index is 13.8. The van der Waals surface area contributed by atoms with Crippen LogP contribution in [-0.2, 0) is 14.3 Å².